The number of hydrogen-bond acceptors (Lipinski definition) is 2. The minimum absolute atomic E-state index is 1.17. The average molecular weight is 222 g/mol. The maximum atomic E-state index is 2.58. The quantitative estimate of drug-likeness (QED) is 0.674. The lowest BCUT2D eigenvalue weighted by atomic mass is 10.1. The van der Waals surface area contributed by atoms with Gasteiger partial charge in [-0.3, -0.25) is 9.80 Å². The first-order chi connectivity index (χ1) is 7.95. The summed E-state index contributed by atoms with van der Waals surface area (Å²) in [5.41, 5.74) is 0. The molecule has 2 fully saturated rings. The topological polar surface area (TPSA) is 6.48 Å². The summed E-state index contributed by atoms with van der Waals surface area (Å²) in [6, 6.07) is 0. The highest BCUT2D eigenvalue weighted by atomic mass is 15.1. The van der Waals surface area contributed by atoms with Crippen molar-refractivity contribution in [3.63, 3.8) is 0 Å². The molecule has 92 valence electrons. The van der Waals surface area contributed by atoms with Gasteiger partial charge in [0.25, 0.3) is 0 Å². The zero-order valence-electron chi connectivity index (χ0n) is 10.5. The summed E-state index contributed by atoms with van der Waals surface area (Å²) in [4.78, 5) is 5.16. The zero-order valence-corrected chi connectivity index (χ0v) is 10.5. The Kier molecular flexibility index (Phi) is 5.36. The molecule has 0 N–H and O–H groups in total. The van der Waals surface area contributed by atoms with Crippen molar-refractivity contribution < 1.29 is 0 Å². The third-order valence-electron chi connectivity index (χ3n) is 3.79. The molecule has 0 bridgehead atoms. The summed E-state index contributed by atoms with van der Waals surface area (Å²) in [5, 5.41) is 0. The monoisotopic (exact) mass is 222 g/mol. The van der Waals surface area contributed by atoms with E-state index in [-0.39, 0.29) is 0 Å². The van der Waals surface area contributed by atoms with Gasteiger partial charge in [0.15, 0.2) is 0 Å². The Hall–Kier alpha value is -0.340. The van der Waals surface area contributed by atoms with Crippen LogP contribution in [-0.4, -0.2) is 49.1 Å². The lowest BCUT2D eigenvalue weighted by Gasteiger charge is -2.26. The lowest BCUT2D eigenvalue weighted by molar-refractivity contribution is 0.245. The molecule has 0 atom stereocenters. The second-order valence-electron chi connectivity index (χ2n) is 5.19. The van der Waals surface area contributed by atoms with Crippen LogP contribution in [0.3, 0.4) is 0 Å². The highest BCUT2D eigenvalue weighted by Gasteiger charge is 2.09. The Bertz CT molecular complexity index is 179. The van der Waals surface area contributed by atoms with Crippen molar-refractivity contribution >= 4 is 0 Å². The molecule has 2 heteroatoms. The van der Waals surface area contributed by atoms with E-state index in [1.165, 1.54) is 77.8 Å². The van der Waals surface area contributed by atoms with Crippen LogP contribution in [0.4, 0.5) is 0 Å². The fourth-order valence-corrected chi connectivity index (χ4v) is 2.73. The Morgan fingerprint density at radius 2 is 0.938 bits per heavy atom. The zero-order chi connectivity index (χ0) is 11.1. The molecule has 2 rings (SSSR count). The molecular formula is C14H26N2. The molecule has 0 spiro atoms. The van der Waals surface area contributed by atoms with Crippen molar-refractivity contribution in [2.45, 2.75) is 38.5 Å². The molecule has 0 amide bonds. The maximum absolute atomic E-state index is 2.58. The molecule has 2 saturated heterocycles. The van der Waals surface area contributed by atoms with Crippen molar-refractivity contribution in [3.8, 4) is 0 Å². The van der Waals surface area contributed by atoms with E-state index in [1.807, 2.05) is 0 Å². The van der Waals surface area contributed by atoms with Crippen LogP contribution >= 0.6 is 0 Å². The van der Waals surface area contributed by atoms with Gasteiger partial charge in [0.2, 0.25) is 0 Å². The van der Waals surface area contributed by atoms with E-state index in [9.17, 15) is 0 Å². The van der Waals surface area contributed by atoms with Crippen molar-refractivity contribution in [1.29, 1.82) is 0 Å². The third kappa shape index (κ3) is 4.26. The predicted molar refractivity (Wildman–Crippen MR) is 69.7 cm³/mol. The first-order valence-electron chi connectivity index (χ1n) is 7.05. The molecule has 0 aliphatic carbocycles. The summed E-state index contributed by atoms with van der Waals surface area (Å²) in [7, 11) is 0. The molecule has 0 radical (unpaired) electrons. The Morgan fingerprint density at radius 1 is 0.562 bits per heavy atom. The van der Waals surface area contributed by atoms with Crippen LogP contribution in [-0.2, 0) is 0 Å². The summed E-state index contributed by atoms with van der Waals surface area (Å²) < 4.78 is 0. The van der Waals surface area contributed by atoms with Crippen LogP contribution in [0, 0.1) is 0 Å². The Labute approximate surface area is 100 Å². The van der Waals surface area contributed by atoms with Crippen LogP contribution < -0.4 is 0 Å². The normalized spacial score (nSPS) is 25.2. The molecule has 0 aromatic rings. The second-order valence-corrected chi connectivity index (χ2v) is 5.19. The molecule has 0 saturated carbocycles. The van der Waals surface area contributed by atoms with Crippen LogP contribution in [0.15, 0.2) is 12.2 Å². The van der Waals surface area contributed by atoms with Gasteiger partial charge in [0.1, 0.15) is 0 Å². The van der Waals surface area contributed by atoms with Gasteiger partial charge in [0.05, 0.1) is 0 Å². The second kappa shape index (κ2) is 7.08. The molecule has 2 aliphatic heterocycles. The standard InChI is InChI=1S/C14H26N2/c1-3-9-15(10-4-1)13-7-8-14-16-11-5-2-6-12-16/h7-8H,1-6,9-14H2/b8-7-. The van der Waals surface area contributed by atoms with Gasteiger partial charge in [-0.05, 0) is 51.9 Å². The molecule has 0 unspecified atom stereocenters. The number of hydrogen-bond donors (Lipinski definition) is 0. The molecule has 2 nitrogen and oxygen atoms in total. The first kappa shape index (κ1) is 12.1. The van der Waals surface area contributed by atoms with Crippen LogP contribution in [0.2, 0.25) is 0 Å². The molecule has 0 aromatic heterocycles. The van der Waals surface area contributed by atoms with Crippen LogP contribution in [0.5, 0.6) is 0 Å². The van der Waals surface area contributed by atoms with Crippen molar-refractivity contribution in [1.82, 2.24) is 9.80 Å². The number of rotatable bonds is 4. The van der Waals surface area contributed by atoms with Crippen molar-refractivity contribution in [3.05, 3.63) is 12.2 Å². The Balaban J connectivity index is 1.57. The van der Waals surface area contributed by atoms with E-state index in [4.69, 9.17) is 0 Å². The minimum atomic E-state index is 1.17. The summed E-state index contributed by atoms with van der Waals surface area (Å²) in [5.74, 6) is 0. The number of piperidine rings is 2. The van der Waals surface area contributed by atoms with Gasteiger partial charge in [-0.1, -0.05) is 25.0 Å². The third-order valence-corrected chi connectivity index (χ3v) is 3.79. The first-order valence-corrected chi connectivity index (χ1v) is 7.05. The van der Waals surface area contributed by atoms with Gasteiger partial charge in [0, 0.05) is 13.1 Å². The highest BCUT2D eigenvalue weighted by molar-refractivity contribution is 4.88. The van der Waals surface area contributed by atoms with E-state index in [0.717, 1.165) is 0 Å². The van der Waals surface area contributed by atoms with E-state index in [2.05, 4.69) is 22.0 Å². The van der Waals surface area contributed by atoms with E-state index in [1.54, 1.807) is 0 Å². The molecule has 2 aliphatic rings. The smallest absolute Gasteiger partial charge is 0.0163 e. The van der Waals surface area contributed by atoms with Crippen LogP contribution in [0.1, 0.15) is 38.5 Å². The lowest BCUT2D eigenvalue weighted by Crippen LogP contribution is -2.31. The fourth-order valence-electron chi connectivity index (χ4n) is 2.73. The molecule has 2 heterocycles. The summed E-state index contributed by atoms with van der Waals surface area (Å²) >= 11 is 0. The molecule has 16 heavy (non-hydrogen) atoms. The SMILES string of the molecule is C(=C/CN1CCCCC1)/CN1CCCCC1. The van der Waals surface area contributed by atoms with Gasteiger partial charge in [-0.2, -0.15) is 0 Å². The summed E-state index contributed by atoms with van der Waals surface area (Å²) in [6.07, 6.45) is 13.2. The van der Waals surface area contributed by atoms with Gasteiger partial charge in [-0.25, -0.2) is 0 Å². The van der Waals surface area contributed by atoms with E-state index >= 15 is 0 Å². The fraction of sp³-hybridized carbons (Fsp3) is 0.857. The van der Waals surface area contributed by atoms with Crippen molar-refractivity contribution in [2.24, 2.45) is 0 Å². The largest absolute Gasteiger partial charge is 0.300 e. The van der Waals surface area contributed by atoms with Crippen LogP contribution in [0.25, 0.3) is 0 Å². The molecule has 0 aromatic carbocycles. The van der Waals surface area contributed by atoms with Gasteiger partial charge >= 0.3 is 0 Å². The van der Waals surface area contributed by atoms with Gasteiger partial charge < -0.3 is 0 Å². The Morgan fingerprint density at radius 3 is 1.31 bits per heavy atom. The van der Waals surface area contributed by atoms with Gasteiger partial charge in [-0.15, -0.1) is 0 Å². The molecular weight excluding hydrogens is 196 g/mol. The van der Waals surface area contributed by atoms with E-state index in [0.29, 0.717) is 0 Å². The minimum Gasteiger partial charge on any atom is -0.300 e. The number of likely N-dealkylation sites (tertiary alicyclic amines) is 2. The average Bonchev–Trinajstić information content (AvgIpc) is 2.37. The van der Waals surface area contributed by atoms with Crippen molar-refractivity contribution in [2.75, 3.05) is 39.3 Å². The predicted octanol–water partition coefficient (Wildman–Crippen LogP) is 2.51. The summed E-state index contributed by atoms with van der Waals surface area (Å²) in [6.45, 7) is 7.60. The number of nitrogens with zero attached hydrogens (tertiary/aromatic N) is 2. The van der Waals surface area contributed by atoms with E-state index < -0.39 is 0 Å². The maximum Gasteiger partial charge on any atom is 0.0163 e. The highest BCUT2D eigenvalue weighted by Crippen LogP contribution is 2.09.